The molecule has 0 saturated carbocycles. The van der Waals surface area contributed by atoms with Crippen LogP contribution in [0.2, 0.25) is 0 Å². The van der Waals surface area contributed by atoms with Crippen molar-refractivity contribution >= 4 is 5.97 Å². The Bertz CT molecular complexity index is 302. The maximum Gasteiger partial charge on any atom is 0.303 e. The lowest BCUT2D eigenvalue weighted by molar-refractivity contribution is -0.403. The lowest BCUT2D eigenvalue weighted by atomic mass is 9.92. The van der Waals surface area contributed by atoms with Gasteiger partial charge in [-0.05, 0) is 40.0 Å². The van der Waals surface area contributed by atoms with E-state index in [1.807, 2.05) is 20.8 Å². The van der Waals surface area contributed by atoms with E-state index in [1.165, 1.54) is 32.1 Å². The molecular weight excluding hydrogens is 320 g/mol. The first-order valence-corrected chi connectivity index (χ1v) is 10.2. The van der Waals surface area contributed by atoms with Crippen LogP contribution in [0.4, 0.5) is 0 Å². The lowest BCUT2D eigenvalue weighted by Gasteiger charge is -2.39. The summed E-state index contributed by atoms with van der Waals surface area (Å²) in [6, 6.07) is 0. The minimum atomic E-state index is -1.04. The maximum atomic E-state index is 10.9. The first kappa shape index (κ1) is 24.4. The van der Waals surface area contributed by atoms with Crippen LogP contribution in [0.3, 0.4) is 0 Å². The van der Waals surface area contributed by atoms with E-state index < -0.39 is 11.9 Å². The van der Waals surface area contributed by atoms with Crippen LogP contribution in [0.25, 0.3) is 0 Å². The Labute approximate surface area is 154 Å². The predicted octanol–water partition coefficient (Wildman–Crippen LogP) is 5.37. The molecule has 1 atom stereocenters. The molecule has 1 unspecified atom stereocenters. The zero-order valence-electron chi connectivity index (χ0n) is 16.8. The van der Waals surface area contributed by atoms with Crippen molar-refractivity contribution in [1.29, 1.82) is 0 Å². The highest BCUT2D eigenvalue weighted by Gasteiger charge is 2.41. The monoisotopic (exact) mass is 360 g/mol. The molecule has 0 radical (unpaired) electrons. The third-order valence-electron chi connectivity index (χ3n) is 4.39. The van der Waals surface area contributed by atoms with Gasteiger partial charge in [0.2, 0.25) is 0 Å². The third-order valence-corrected chi connectivity index (χ3v) is 4.39. The van der Waals surface area contributed by atoms with Gasteiger partial charge in [-0.15, -0.1) is 0 Å². The molecule has 0 saturated heterocycles. The molecule has 0 bridgehead atoms. The van der Waals surface area contributed by atoms with Gasteiger partial charge in [0.15, 0.2) is 0 Å². The second kappa shape index (κ2) is 15.6. The molecule has 0 rings (SSSR count). The van der Waals surface area contributed by atoms with Gasteiger partial charge in [-0.2, -0.15) is 0 Å². The van der Waals surface area contributed by atoms with Crippen molar-refractivity contribution in [2.45, 2.75) is 97.9 Å². The number of aliphatic carboxylic acids is 1. The zero-order valence-corrected chi connectivity index (χ0v) is 16.8. The molecule has 0 heterocycles. The average molecular weight is 361 g/mol. The summed E-state index contributed by atoms with van der Waals surface area (Å²) in [5.41, 5.74) is 0. The molecule has 1 N–H and O–H groups in total. The summed E-state index contributed by atoms with van der Waals surface area (Å²) in [6.45, 7) is 9.55. The fourth-order valence-corrected chi connectivity index (χ4v) is 3.25. The van der Waals surface area contributed by atoms with Gasteiger partial charge < -0.3 is 19.3 Å². The summed E-state index contributed by atoms with van der Waals surface area (Å²) in [7, 11) is 0. The summed E-state index contributed by atoms with van der Waals surface area (Å²) in [6.07, 6.45) is 9.83. The van der Waals surface area contributed by atoms with Crippen molar-refractivity contribution in [2.75, 3.05) is 19.8 Å². The lowest BCUT2D eigenvalue weighted by Crippen LogP contribution is -2.46. The van der Waals surface area contributed by atoms with Crippen molar-refractivity contribution < 1.29 is 24.1 Å². The molecule has 5 nitrogen and oxygen atoms in total. The van der Waals surface area contributed by atoms with Gasteiger partial charge in [-0.3, -0.25) is 4.79 Å². The largest absolute Gasteiger partial charge is 0.481 e. The Hall–Kier alpha value is -0.650. The van der Waals surface area contributed by atoms with Crippen LogP contribution < -0.4 is 0 Å². The van der Waals surface area contributed by atoms with Crippen LogP contribution in [-0.2, 0) is 19.0 Å². The molecular formula is C20H40O5. The number of hydrogen-bond donors (Lipinski definition) is 1. The second-order valence-corrected chi connectivity index (χ2v) is 6.44. The van der Waals surface area contributed by atoms with Gasteiger partial charge in [0.25, 0.3) is 5.97 Å². The van der Waals surface area contributed by atoms with Crippen molar-refractivity contribution in [3.05, 3.63) is 0 Å². The Morgan fingerprint density at radius 1 is 0.800 bits per heavy atom. The van der Waals surface area contributed by atoms with Crippen LogP contribution in [0.15, 0.2) is 0 Å². The molecule has 0 aromatic heterocycles. The van der Waals surface area contributed by atoms with E-state index in [9.17, 15) is 4.79 Å². The van der Waals surface area contributed by atoms with Gasteiger partial charge in [0, 0.05) is 32.2 Å². The van der Waals surface area contributed by atoms with E-state index in [0.717, 1.165) is 19.3 Å². The Morgan fingerprint density at radius 2 is 1.28 bits per heavy atom. The maximum absolute atomic E-state index is 10.9. The summed E-state index contributed by atoms with van der Waals surface area (Å²) in [5, 5.41) is 8.94. The fraction of sp³-hybridized carbons (Fsp3) is 0.950. The highest BCUT2D eigenvalue weighted by atomic mass is 16.9. The molecule has 0 spiro atoms. The summed E-state index contributed by atoms with van der Waals surface area (Å²) in [4.78, 5) is 10.9. The molecule has 0 aliphatic carbocycles. The van der Waals surface area contributed by atoms with Crippen molar-refractivity contribution in [3.63, 3.8) is 0 Å². The minimum Gasteiger partial charge on any atom is -0.481 e. The number of carboxylic acids is 1. The van der Waals surface area contributed by atoms with Crippen molar-refractivity contribution in [1.82, 2.24) is 0 Å². The van der Waals surface area contributed by atoms with Crippen LogP contribution in [0.5, 0.6) is 0 Å². The number of carboxylic acid groups (broad SMARTS) is 1. The highest BCUT2D eigenvalue weighted by Crippen LogP contribution is 2.34. The molecule has 0 aromatic rings. The molecule has 5 heteroatoms. The molecule has 0 aliphatic rings. The van der Waals surface area contributed by atoms with Crippen LogP contribution >= 0.6 is 0 Å². The topological polar surface area (TPSA) is 65.0 Å². The number of carbonyl (C=O) groups is 1. The smallest absolute Gasteiger partial charge is 0.303 e. The molecule has 0 aromatic carbocycles. The van der Waals surface area contributed by atoms with E-state index in [2.05, 4.69) is 6.92 Å². The van der Waals surface area contributed by atoms with E-state index in [1.54, 1.807) is 0 Å². The molecule has 25 heavy (non-hydrogen) atoms. The summed E-state index contributed by atoms with van der Waals surface area (Å²) < 4.78 is 17.8. The summed E-state index contributed by atoms with van der Waals surface area (Å²) >= 11 is 0. The minimum absolute atomic E-state index is 0.0536. The molecule has 0 amide bonds. The van der Waals surface area contributed by atoms with Gasteiger partial charge >= 0.3 is 5.97 Å². The summed E-state index contributed by atoms with van der Waals surface area (Å²) in [5.74, 6) is -1.74. The van der Waals surface area contributed by atoms with Crippen LogP contribution in [0, 0.1) is 5.92 Å². The molecule has 0 aliphatic heterocycles. The van der Waals surface area contributed by atoms with Crippen LogP contribution in [0.1, 0.15) is 91.9 Å². The van der Waals surface area contributed by atoms with E-state index >= 15 is 0 Å². The normalized spacial score (nSPS) is 13.1. The number of unbranched alkanes of at least 4 members (excludes halogenated alkanes) is 5. The standard InChI is InChI=1S/C20H40O5/c1-5-9-10-11-12-13-15-18(16-14-17-19(21)22)20(23-6-2,24-7-3)25-8-4/h18H,5-17H2,1-4H3,(H,21,22). The van der Waals surface area contributed by atoms with Crippen molar-refractivity contribution in [2.24, 2.45) is 5.92 Å². The molecule has 0 fully saturated rings. The van der Waals surface area contributed by atoms with Crippen molar-refractivity contribution in [3.8, 4) is 0 Å². The Balaban J connectivity index is 4.84. The third kappa shape index (κ3) is 10.8. The first-order valence-electron chi connectivity index (χ1n) is 10.2. The molecule has 150 valence electrons. The Kier molecular flexibility index (Phi) is 15.2. The number of rotatable bonds is 18. The van der Waals surface area contributed by atoms with E-state index in [4.69, 9.17) is 19.3 Å². The number of hydrogen-bond acceptors (Lipinski definition) is 4. The van der Waals surface area contributed by atoms with Gasteiger partial charge in [0.05, 0.1) is 0 Å². The predicted molar refractivity (Wildman–Crippen MR) is 101 cm³/mol. The first-order chi connectivity index (χ1) is 12.1. The van der Waals surface area contributed by atoms with Gasteiger partial charge in [-0.1, -0.05) is 45.4 Å². The van der Waals surface area contributed by atoms with E-state index in [0.29, 0.717) is 26.2 Å². The fourth-order valence-electron chi connectivity index (χ4n) is 3.25. The zero-order chi connectivity index (χ0) is 19.0. The second-order valence-electron chi connectivity index (χ2n) is 6.44. The average Bonchev–Trinajstić information content (AvgIpc) is 2.56. The highest BCUT2D eigenvalue weighted by molar-refractivity contribution is 5.66. The van der Waals surface area contributed by atoms with Gasteiger partial charge in [0.1, 0.15) is 0 Å². The van der Waals surface area contributed by atoms with E-state index in [-0.39, 0.29) is 12.3 Å². The van der Waals surface area contributed by atoms with Crippen LogP contribution in [-0.4, -0.2) is 36.9 Å². The quantitative estimate of drug-likeness (QED) is 0.263. The van der Waals surface area contributed by atoms with Gasteiger partial charge in [-0.25, -0.2) is 0 Å². The SMILES string of the molecule is CCCCCCCCC(CCCC(=O)O)C(OCC)(OCC)OCC. The number of ether oxygens (including phenoxy) is 3. The Morgan fingerprint density at radius 3 is 1.76 bits per heavy atom.